The molecular formula is C37H54N8O2SSn. The van der Waals surface area contributed by atoms with E-state index in [0.717, 1.165) is 17.7 Å². The van der Waals surface area contributed by atoms with E-state index < -0.39 is 18.4 Å². The van der Waals surface area contributed by atoms with E-state index in [0.29, 0.717) is 35.0 Å². The van der Waals surface area contributed by atoms with Gasteiger partial charge in [-0.05, 0) is 13.2 Å². The maximum absolute atomic E-state index is 5.90. The van der Waals surface area contributed by atoms with Gasteiger partial charge in [0.25, 0.3) is 0 Å². The molecule has 49 heavy (non-hydrogen) atoms. The summed E-state index contributed by atoms with van der Waals surface area (Å²) in [6, 6.07) is 19.2. The largest absolute Gasteiger partial charge is 0.229 e. The Morgan fingerprint density at radius 1 is 0.592 bits per heavy atom. The molecule has 0 fully saturated rings. The van der Waals surface area contributed by atoms with E-state index in [-0.39, 0.29) is 0 Å². The van der Waals surface area contributed by atoms with E-state index in [1.54, 1.807) is 0 Å². The van der Waals surface area contributed by atoms with Crippen molar-refractivity contribution >= 4 is 35.9 Å². The average molecular weight is 794 g/mol. The van der Waals surface area contributed by atoms with Crippen molar-refractivity contribution in [1.29, 1.82) is 0 Å². The number of rotatable bonds is 18. The first-order valence-electron chi connectivity index (χ1n) is 17.3. The molecule has 12 heteroatoms. The molecule has 0 saturated heterocycles. The van der Waals surface area contributed by atoms with Crippen LogP contribution in [-0.2, 0) is 9.47 Å². The van der Waals surface area contributed by atoms with E-state index in [9.17, 15) is 0 Å². The van der Waals surface area contributed by atoms with Gasteiger partial charge in [0.15, 0.2) is 5.76 Å². The summed E-state index contributed by atoms with van der Waals surface area (Å²) >= 11 is -0.818. The molecule has 0 radical (unpaired) electrons. The van der Waals surface area contributed by atoms with Crippen molar-refractivity contribution in [1.82, 2.24) is 40.8 Å². The summed E-state index contributed by atoms with van der Waals surface area (Å²) in [5.41, 5.74) is 1.81. The van der Waals surface area contributed by atoms with Gasteiger partial charge in [0, 0.05) is 11.1 Å². The summed E-state index contributed by atoms with van der Waals surface area (Å²) in [5, 5.41) is 32.2. The predicted octanol–water partition coefficient (Wildman–Crippen LogP) is 9.52. The third-order valence-corrected chi connectivity index (χ3v) is 23.2. The monoisotopic (exact) mass is 794 g/mol. The molecular weight excluding hydrogens is 739 g/mol. The SMILES string of the molecule is C=C(OCC)c1nnc(-c2ccccc2)nn1.C=[C](OCC)[Sn]([CH2]CCC)([CH2]CCC)[CH2]CCC.CSc1nnc(-c2ccccc2)nn1. The molecule has 0 aliphatic heterocycles. The molecule has 264 valence electrons. The minimum Gasteiger partial charge on any atom is -0.125 e. The van der Waals surface area contributed by atoms with Gasteiger partial charge in [-0.3, -0.25) is 0 Å². The van der Waals surface area contributed by atoms with Crippen LogP contribution in [0.1, 0.15) is 79.0 Å². The molecule has 10 nitrogen and oxygen atoms in total. The fourth-order valence-electron chi connectivity index (χ4n) is 4.95. The van der Waals surface area contributed by atoms with E-state index in [1.165, 1.54) is 67.4 Å². The van der Waals surface area contributed by atoms with Gasteiger partial charge in [0.05, 0.1) is 6.61 Å². The molecule has 0 aliphatic rings. The Morgan fingerprint density at radius 2 is 1.00 bits per heavy atom. The number of aromatic nitrogens is 8. The summed E-state index contributed by atoms with van der Waals surface area (Å²) in [5.74, 6) is 1.74. The van der Waals surface area contributed by atoms with E-state index >= 15 is 0 Å². The first-order valence-corrected chi connectivity index (χ1v) is 26.0. The molecule has 0 spiro atoms. The fourth-order valence-corrected chi connectivity index (χ4v) is 19.8. The van der Waals surface area contributed by atoms with Gasteiger partial charge in [0.1, 0.15) is 0 Å². The van der Waals surface area contributed by atoms with Crippen molar-refractivity contribution < 1.29 is 9.47 Å². The molecule has 4 aromatic rings. The molecule has 0 atom stereocenters. The quantitative estimate of drug-likeness (QED) is 0.0544. The summed E-state index contributed by atoms with van der Waals surface area (Å²) < 4.78 is 16.7. The Balaban J connectivity index is 0.000000257. The maximum Gasteiger partial charge on any atom is 0.229 e. The molecule has 0 bridgehead atoms. The second kappa shape index (κ2) is 24.6. The van der Waals surface area contributed by atoms with Gasteiger partial charge < -0.3 is 4.74 Å². The average Bonchev–Trinajstić information content (AvgIpc) is 3.16. The van der Waals surface area contributed by atoms with Crippen LogP contribution in [0, 0.1) is 0 Å². The summed E-state index contributed by atoms with van der Waals surface area (Å²) in [7, 11) is 0. The number of benzene rings is 2. The first kappa shape index (κ1) is 41.7. The van der Waals surface area contributed by atoms with Crippen LogP contribution in [0.4, 0.5) is 0 Å². The number of hydrogen-bond donors (Lipinski definition) is 0. The molecule has 2 heterocycles. The number of unbranched alkanes of at least 4 members (excludes halogenated alkanes) is 3. The Bertz CT molecular complexity index is 1440. The van der Waals surface area contributed by atoms with Gasteiger partial charge in [0.2, 0.25) is 22.6 Å². The smallest absolute Gasteiger partial charge is 0.125 e. The molecule has 0 N–H and O–H groups in total. The molecule has 4 rings (SSSR count). The van der Waals surface area contributed by atoms with Gasteiger partial charge in [-0.2, -0.15) is 0 Å². The number of hydrogen-bond acceptors (Lipinski definition) is 11. The third kappa shape index (κ3) is 14.9. The van der Waals surface area contributed by atoms with Crippen LogP contribution < -0.4 is 0 Å². The molecule has 0 saturated carbocycles. The number of nitrogens with zero attached hydrogens (tertiary/aromatic N) is 8. The first-order chi connectivity index (χ1) is 23.9. The zero-order valence-corrected chi connectivity index (χ0v) is 33.9. The standard InChI is InChI=1S/C12H12N4O.C9H8N4S.C4H7O.3C4H9.Sn/c1-3-17-9(2)11-13-15-12(16-14-11)10-7-5-4-6-8-10;1-14-9-12-10-8(11-13-9)7-5-3-2-4-6-7;1-3-5-4-2;3*1-3-4-2;/h4-8H,2-3H2,1H3;2-6H,1H3;1,4H2,2H3;3*1,3-4H2,2H3;. The van der Waals surface area contributed by atoms with E-state index in [4.69, 9.17) is 9.47 Å². The Kier molecular flexibility index (Phi) is 21.0. The van der Waals surface area contributed by atoms with E-state index in [2.05, 4.69) is 81.6 Å². The Hall–Kier alpha value is -3.45. The van der Waals surface area contributed by atoms with Gasteiger partial charge in [-0.1, -0.05) is 79.0 Å². The minimum atomic E-state index is -2.24. The second-order valence-electron chi connectivity index (χ2n) is 11.3. The van der Waals surface area contributed by atoms with Crippen LogP contribution in [0.3, 0.4) is 0 Å². The van der Waals surface area contributed by atoms with E-state index in [1.807, 2.05) is 73.8 Å². The Labute approximate surface area is 301 Å². The summed E-state index contributed by atoms with van der Waals surface area (Å²) in [6.07, 6.45) is 9.99. The fraction of sp³-hybridized carbons (Fsp3) is 0.459. The molecule has 2 aromatic carbocycles. The molecule has 0 unspecified atom stereocenters. The second-order valence-corrected chi connectivity index (χ2v) is 25.2. The maximum atomic E-state index is 5.90. The predicted molar refractivity (Wildman–Crippen MR) is 204 cm³/mol. The van der Waals surface area contributed by atoms with Gasteiger partial charge in [-0.15, -0.1) is 40.8 Å². The number of ether oxygens (including phenoxy) is 2. The minimum absolute atomic E-state index is 0.312. The number of thioether (sulfide) groups is 1. The molecule has 0 amide bonds. The summed E-state index contributed by atoms with van der Waals surface area (Å²) in [4.78, 5) is 0. The Morgan fingerprint density at radius 3 is 1.37 bits per heavy atom. The van der Waals surface area contributed by atoms with Crippen LogP contribution in [0.15, 0.2) is 82.8 Å². The van der Waals surface area contributed by atoms with Gasteiger partial charge in [-0.25, -0.2) is 0 Å². The molecule has 2 aromatic heterocycles. The van der Waals surface area contributed by atoms with Crippen molar-refractivity contribution in [2.45, 2.75) is 91.6 Å². The third-order valence-electron chi connectivity index (χ3n) is 7.69. The van der Waals surface area contributed by atoms with Crippen LogP contribution in [0.5, 0.6) is 0 Å². The van der Waals surface area contributed by atoms with Crippen LogP contribution in [0.25, 0.3) is 28.5 Å². The zero-order valence-electron chi connectivity index (χ0n) is 30.3. The van der Waals surface area contributed by atoms with Crippen molar-refractivity contribution in [2.24, 2.45) is 0 Å². The summed E-state index contributed by atoms with van der Waals surface area (Å²) in [6.45, 7) is 20.2. The van der Waals surface area contributed by atoms with Gasteiger partial charge >= 0.3 is 120 Å². The normalized spacial score (nSPS) is 10.6. The van der Waals surface area contributed by atoms with Crippen LogP contribution in [0.2, 0.25) is 13.3 Å². The van der Waals surface area contributed by atoms with Crippen molar-refractivity contribution in [3.63, 3.8) is 0 Å². The topological polar surface area (TPSA) is 122 Å². The van der Waals surface area contributed by atoms with Crippen LogP contribution >= 0.6 is 11.8 Å². The molecule has 0 aliphatic carbocycles. The van der Waals surface area contributed by atoms with Crippen molar-refractivity contribution in [3.8, 4) is 22.8 Å². The zero-order chi connectivity index (χ0) is 35.7. The van der Waals surface area contributed by atoms with Crippen molar-refractivity contribution in [3.05, 3.63) is 83.4 Å². The van der Waals surface area contributed by atoms with Crippen LogP contribution in [-0.4, -0.2) is 78.6 Å². The van der Waals surface area contributed by atoms with Crippen molar-refractivity contribution in [2.75, 3.05) is 19.5 Å².